The van der Waals surface area contributed by atoms with Gasteiger partial charge in [-0.3, -0.25) is 18.6 Å². The number of nitrogens with one attached hydrogen (secondary N) is 1. The highest BCUT2D eigenvalue weighted by molar-refractivity contribution is 7.47. The lowest BCUT2D eigenvalue weighted by atomic mass is 10.0. The van der Waals surface area contributed by atoms with Gasteiger partial charge in [0.1, 0.15) is 6.61 Å². The van der Waals surface area contributed by atoms with Crippen LogP contribution in [0, 0.1) is 0 Å². The summed E-state index contributed by atoms with van der Waals surface area (Å²) < 4.78 is 33.2. The summed E-state index contributed by atoms with van der Waals surface area (Å²) >= 11 is 0. The number of likely N-dealkylation sites (N-methyl/N-ethyl adjacent to an activating group) is 1. The van der Waals surface area contributed by atoms with Crippen LogP contribution in [0.15, 0.2) is 48.6 Å². The lowest BCUT2D eigenvalue weighted by Crippen LogP contribution is -2.29. The number of phosphoric ester groups is 1. The molecule has 0 aliphatic heterocycles. The maximum atomic E-state index is 12.6. The molecule has 0 aromatic rings. The highest BCUT2D eigenvalue weighted by Crippen LogP contribution is 2.43. The smallest absolute Gasteiger partial charge is 0.462 e. The Bertz CT molecular complexity index is 1060. The normalized spacial score (nSPS) is 13.7. The zero-order chi connectivity index (χ0) is 41.1. The average Bonchev–Trinajstić information content (AvgIpc) is 3.18. The van der Waals surface area contributed by atoms with E-state index in [4.69, 9.17) is 18.5 Å². The number of allylic oxidation sites excluding steroid dienone is 8. The molecule has 2 N–H and O–H groups in total. The van der Waals surface area contributed by atoms with E-state index in [1.807, 2.05) is 6.08 Å². The van der Waals surface area contributed by atoms with Crippen molar-refractivity contribution in [2.45, 2.75) is 200 Å². The Kier molecular flexibility index (Phi) is 41.0. The monoisotopic (exact) mass is 810 g/mol. The van der Waals surface area contributed by atoms with E-state index < -0.39 is 26.5 Å². The molecule has 9 nitrogen and oxygen atoms in total. The van der Waals surface area contributed by atoms with Crippen LogP contribution in [-0.2, 0) is 32.7 Å². The first-order chi connectivity index (χ1) is 27.3. The minimum atomic E-state index is -4.36. The Morgan fingerprint density at radius 3 is 1.48 bits per heavy atom. The van der Waals surface area contributed by atoms with E-state index in [0.29, 0.717) is 19.4 Å². The van der Waals surface area contributed by atoms with Crippen LogP contribution in [0.4, 0.5) is 0 Å². The van der Waals surface area contributed by atoms with E-state index in [9.17, 15) is 19.0 Å². The molecule has 0 spiro atoms. The minimum Gasteiger partial charge on any atom is -0.462 e. The van der Waals surface area contributed by atoms with E-state index >= 15 is 0 Å². The second kappa shape index (κ2) is 42.6. The molecular formula is C46H84NO8P. The van der Waals surface area contributed by atoms with Crippen LogP contribution in [0.25, 0.3) is 0 Å². The standard InChI is InChI=1S/C46H84NO8P/c1-4-6-8-10-12-14-16-18-20-22-24-26-28-30-32-34-36-38-45(48)52-42-44(43-54-56(50,51)53-41-40-47-3)55-46(49)39-37-35-33-31-29-27-25-23-21-19-17-15-13-11-9-7-5-2/h13,15,19,21,25,27,31,33,44,47H,4-12,14,16-18,20,22-24,26,28-30,32,34-43H2,1-3H3,(H,50,51)/b15-13-,21-19-,27-25-,33-31-. The second-order valence-corrected chi connectivity index (χ2v) is 16.3. The molecule has 0 bridgehead atoms. The van der Waals surface area contributed by atoms with Crippen LogP contribution >= 0.6 is 7.82 Å². The Morgan fingerprint density at radius 2 is 0.982 bits per heavy atom. The number of hydrogen-bond acceptors (Lipinski definition) is 8. The van der Waals surface area contributed by atoms with Gasteiger partial charge in [-0.05, 0) is 58.4 Å². The minimum absolute atomic E-state index is 0.0272. The molecule has 0 fully saturated rings. The Hall–Kier alpha value is -2.03. The topological polar surface area (TPSA) is 120 Å². The lowest BCUT2D eigenvalue weighted by Gasteiger charge is -2.20. The average molecular weight is 810 g/mol. The Balaban J connectivity index is 4.28. The third kappa shape index (κ3) is 41.6. The third-order valence-electron chi connectivity index (χ3n) is 9.45. The van der Waals surface area contributed by atoms with E-state index in [1.165, 1.54) is 116 Å². The predicted molar refractivity (Wildman–Crippen MR) is 234 cm³/mol. The first-order valence-electron chi connectivity index (χ1n) is 22.6. The molecule has 0 radical (unpaired) electrons. The molecule has 2 unspecified atom stereocenters. The summed E-state index contributed by atoms with van der Waals surface area (Å²) in [6, 6.07) is 0. The molecule has 0 rings (SSSR count). The summed E-state index contributed by atoms with van der Waals surface area (Å²) in [4.78, 5) is 35.1. The largest absolute Gasteiger partial charge is 0.472 e. The van der Waals surface area contributed by atoms with E-state index in [2.05, 4.69) is 61.7 Å². The van der Waals surface area contributed by atoms with Gasteiger partial charge in [0.2, 0.25) is 0 Å². The summed E-state index contributed by atoms with van der Waals surface area (Å²) in [6.45, 7) is 4.15. The highest BCUT2D eigenvalue weighted by atomic mass is 31.2. The van der Waals surface area contributed by atoms with Crippen molar-refractivity contribution in [3.05, 3.63) is 48.6 Å². The van der Waals surface area contributed by atoms with Crippen LogP contribution in [-0.4, -0.2) is 56.3 Å². The van der Waals surface area contributed by atoms with E-state index in [1.54, 1.807) is 7.05 Å². The Labute approximate surface area is 343 Å². The molecule has 2 atom stereocenters. The van der Waals surface area contributed by atoms with Gasteiger partial charge in [0, 0.05) is 19.4 Å². The first kappa shape index (κ1) is 54.0. The van der Waals surface area contributed by atoms with Crippen LogP contribution in [0.2, 0.25) is 0 Å². The molecule has 0 aliphatic carbocycles. The van der Waals surface area contributed by atoms with Gasteiger partial charge in [0.15, 0.2) is 6.10 Å². The lowest BCUT2D eigenvalue weighted by molar-refractivity contribution is -0.161. The van der Waals surface area contributed by atoms with Gasteiger partial charge >= 0.3 is 19.8 Å². The molecule has 0 amide bonds. The molecular weight excluding hydrogens is 725 g/mol. The maximum Gasteiger partial charge on any atom is 0.472 e. The third-order valence-corrected chi connectivity index (χ3v) is 10.4. The molecule has 10 heteroatoms. The molecule has 0 aromatic carbocycles. The van der Waals surface area contributed by atoms with Crippen molar-refractivity contribution in [1.29, 1.82) is 0 Å². The molecule has 326 valence electrons. The number of esters is 2. The first-order valence-corrected chi connectivity index (χ1v) is 24.1. The molecule has 0 aliphatic rings. The highest BCUT2D eigenvalue weighted by Gasteiger charge is 2.26. The number of hydrogen-bond donors (Lipinski definition) is 2. The fourth-order valence-electron chi connectivity index (χ4n) is 6.02. The fraction of sp³-hybridized carbons (Fsp3) is 0.783. The number of phosphoric acid groups is 1. The number of unbranched alkanes of at least 4 members (excludes halogenated alkanes) is 20. The van der Waals surface area contributed by atoms with Crippen LogP contribution in [0.3, 0.4) is 0 Å². The van der Waals surface area contributed by atoms with Gasteiger partial charge in [0.25, 0.3) is 0 Å². The molecule has 0 saturated carbocycles. The number of rotatable bonds is 42. The van der Waals surface area contributed by atoms with Crippen LogP contribution < -0.4 is 5.32 Å². The zero-order valence-electron chi connectivity index (χ0n) is 36.1. The van der Waals surface area contributed by atoms with E-state index in [-0.39, 0.29) is 32.0 Å². The number of ether oxygens (including phenoxy) is 2. The molecule has 0 heterocycles. The van der Waals surface area contributed by atoms with Crippen molar-refractivity contribution in [2.24, 2.45) is 0 Å². The van der Waals surface area contributed by atoms with Gasteiger partial charge in [-0.2, -0.15) is 0 Å². The molecule has 56 heavy (non-hydrogen) atoms. The molecule has 0 aromatic heterocycles. The Morgan fingerprint density at radius 1 is 0.554 bits per heavy atom. The summed E-state index contributed by atoms with van der Waals surface area (Å²) in [5, 5.41) is 2.82. The summed E-state index contributed by atoms with van der Waals surface area (Å²) in [6.07, 6.45) is 47.3. The SMILES string of the molecule is CCCCC/C=C\C/C=C\C/C=C\C/C=C\CCCC(=O)OC(COC(=O)CCCCCCCCCCCCCCCCCCC)COP(=O)(O)OCCNC. The van der Waals surface area contributed by atoms with Crippen molar-refractivity contribution in [2.75, 3.05) is 33.4 Å². The van der Waals surface area contributed by atoms with Gasteiger partial charge < -0.3 is 19.7 Å². The maximum absolute atomic E-state index is 12.6. The quantitative estimate of drug-likeness (QED) is 0.0269. The van der Waals surface area contributed by atoms with Gasteiger partial charge in [-0.15, -0.1) is 0 Å². The second-order valence-electron chi connectivity index (χ2n) is 14.9. The van der Waals surface area contributed by atoms with E-state index in [0.717, 1.165) is 38.5 Å². The van der Waals surface area contributed by atoms with Gasteiger partial charge in [-0.25, -0.2) is 4.57 Å². The summed E-state index contributed by atoms with van der Waals surface area (Å²) in [5.74, 6) is -0.868. The number of carbonyl (C=O) groups is 2. The summed E-state index contributed by atoms with van der Waals surface area (Å²) in [7, 11) is -2.67. The number of carbonyl (C=O) groups excluding carboxylic acids is 2. The van der Waals surface area contributed by atoms with Gasteiger partial charge in [0.05, 0.1) is 13.2 Å². The van der Waals surface area contributed by atoms with Crippen molar-refractivity contribution in [1.82, 2.24) is 5.32 Å². The van der Waals surface area contributed by atoms with Crippen molar-refractivity contribution in [3.63, 3.8) is 0 Å². The van der Waals surface area contributed by atoms with Gasteiger partial charge in [-0.1, -0.05) is 178 Å². The zero-order valence-corrected chi connectivity index (χ0v) is 37.0. The van der Waals surface area contributed by atoms with Crippen molar-refractivity contribution in [3.8, 4) is 0 Å². The summed E-state index contributed by atoms with van der Waals surface area (Å²) in [5.41, 5.74) is 0. The van der Waals surface area contributed by atoms with Crippen LogP contribution in [0.5, 0.6) is 0 Å². The van der Waals surface area contributed by atoms with Crippen molar-refractivity contribution < 1.29 is 37.6 Å². The molecule has 0 saturated heterocycles. The van der Waals surface area contributed by atoms with Crippen molar-refractivity contribution >= 4 is 19.8 Å². The fourth-order valence-corrected chi connectivity index (χ4v) is 6.77. The van der Waals surface area contributed by atoms with Crippen LogP contribution in [0.1, 0.15) is 194 Å². The predicted octanol–water partition coefficient (Wildman–Crippen LogP) is 13.0.